The van der Waals surface area contributed by atoms with Gasteiger partial charge in [-0.2, -0.15) is 0 Å². The quantitative estimate of drug-likeness (QED) is 0.265. The van der Waals surface area contributed by atoms with Gasteiger partial charge in [0.1, 0.15) is 11.5 Å². The third-order valence-corrected chi connectivity index (χ3v) is 6.28. The zero-order valence-electron chi connectivity index (χ0n) is 19.5. The Kier molecular flexibility index (Phi) is 8.99. The van der Waals surface area contributed by atoms with Crippen LogP contribution >= 0.6 is 23.4 Å². The van der Waals surface area contributed by atoms with Gasteiger partial charge < -0.3 is 30.3 Å². The molecule has 37 heavy (non-hydrogen) atoms. The van der Waals surface area contributed by atoms with E-state index < -0.39 is 23.4 Å². The van der Waals surface area contributed by atoms with Gasteiger partial charge >= 0.3 is 11.9 Å². The number of carboxylic acid groups (broad SMARTS) is 2. The van der Waals surface area contributed by atoms with Crippen molar-refractivity contribution in [1.82, 2.24) is 0 Å². The van der Waals surface area contributed by atoms with Crippen LogP contribution in [0.25, 0.3) is 0 Å². The molecule has 12 heteroatoms. The molecule has 0 heterocycles. The molecule has 0 bridgehead atoms. The molecular weight excluding hydrogens is 524 g/mol. The maximum absolute atomic E-state index is 12.6. The van der Waals surface area contributed by atoms with Gasteiger partial charge in [0.2, 0.25) is 5.91 Å². The molecule has 0 saturated heterocycles. The molecule has 3 aromatic rings. The number of rotatable bonds is 10. The summed E-state index contributed by atoms with van der Waals surface area (Å²) in [4.78, 5) is 48.4. The lowest BCUT2D eigenvalue weighted by molar-refractivity contribution is -0.113. The fraction of sp³-hybridized carbons (Fsp3) is 0.120. The van der Waals surface area contributed by atoms with Crippen LogP contribution in [0.15, 0.2) is 59.5 Å². The van der Waals surface area contributed by atoms with Crippen molar-refractivity contribution in [3.63, 3.8) is 0 Å². The van der Waals surface area contributed by atoms with Crippen molar-refractivity contribution < 1.29 is 38.9 Å². The number of thioether (sulfide) groups is 1. The number of methoxy groups -OCH3 is 2. The minimum atomic E-state index is -1.42. The molecule has 0 fully saturated rings. The number of carboxylic acids is 2. The van der Waals surface area contributed by atoms with Crippen molar-refractivity contribution >= 4 is 58.5 Å². The first-order valence-electron chi connectivity index (χ1n) is 10.5. The largest absolute Gasteiger partial charge is 0.495 e. The predicted octanol–water partition coefficient (Wildman–Crippen LogP) is 4.74. The van der Waals surface area contributed by atoms with Gasteiger partial charge in [-0.1, -0.05) is 11.6 Å². The highest BCUT2D eigenvalue weighted by Gasteiger charge is 2.19. The summed E-state index contributed by atoms with van der Waals surface area (Å²) in [6.45, 7) is 0. The third-order valence-electron chi connectivity index (χ3n) is 4.97. The number of nitrogens with one attached hydrogen (secondary N) is 2. The molecule has 3 aromatic carbocycles. The first kappa shape index (κ1) is 27.4. The average Bonchev–Trinajstić information content (AvgIpc) is 2.88. The SMILES string of the molecule is COc1cc(OC)c(NC(=O)CSc2ccc(NC(=O)c3ccc(C(=O)O)cc3C(=O)O)cc2)cc1Cl. The third kappa shape index (κ3) is 6.93. The molecule has 0 unspecified atom stereocenters. The normalized spacial score (nSPS) is 10.4. The summed E-state index contributed by atoms with van der Waals surface area (Å²) in [5.74, 6) is -2.85. The van der Waals surface area contributed by atoms with Crippen molar-refractivity contribution in [3.05, 3.63) is 76.3 Å². The van der Waals surface area contributed by atoms with Crippen molar-refractivity contribution in [2.45, 2.75) is 4.90 Å². The molecule has 4 N–H and O–H groups in total. The number of halogens is 1. The molecule has 0 radical (unpaired) electrons. The van der Waals surface area contributed by atoms with E-state index in [-0.39, 0.29) is 22.8 Å². The van der Waals surface area contributed by atoms with Crippen LogP contribution in [-0.2, 0) is 4.79 Å². The molecule has 192 valence electrons. The van der Waals surface area contributed by atoms with Crippen LogP contribution in [0.3, 0.4) is 0 Å². The zero-order chi connectivity index (χ0) is 27.1. The number of carbonyl (C=O) groups excluding carboxylic acids is 2. The Hall–Kier alpha value is -4.22. The molecule has 2 amide bonds. The van der Waals surface area contributed by atoms with Gasteiger partial charge in [0, 0.05) is 16.6 Å². The second-order valence-electron chi connectivity index (χ2n) is 7.37. The number of carbonyl (C=O) groups is 4. The first-order valence-corrected chi connectivity index (χ1v) is 11.9. The van der Waals surface area contributed by atoms with Crippen LogP contribution in [0.5, 0.6) is 11.5 Å². The average molecular weight is 545 g/mol. The number of ether oxygens (including phenoxy) is 2. The van der Waals surface area contributed by atoms with Gasteiger partial charge in [-0.05, 0) is 48.5 Å². The number of aromatic carboxylic acids is 2. The summed E-state index contributed by atoms with van der Waals surface area (Å²) in [6.07, 6.45) is 0. The smallest absolute Gasteiger partial charge is 0.336 e. The Morgan fingerprint density at radius 3 is 2.11 bits per heavy atom. The van der Waals surface area contributed by atoms with Crippen molar-refractivity contribution in [2.24, 2.45) is 0 Å². The van der Waals surface area contributed by atoms with Gasteiger partial charge in [0.25, 0.3) is 5.91 Å². The molecular formula is C25H21ClN2O8S. The van der Waals surface area contributed by atoms with Crippen molar-refractivity contribution in [2.75, 3.05) is 30.6 Å². The summed E-state index contributed by atoms with van der Waals surface area (Å²) in [7, 11) is 2.93. The number of hydrogen-bond donors (Lipinski definition) is 4. The van der Waals surface area contributed by atoms with E-state index in [0.29, 0.717) is 27.9 Å². The fourth-order valence-corrected chi connectivity index (χ4v) is 4.12. The lowest BCUT2D eigenvalue weighted by atomic mass is 10.0. The summed E-state index contributed by atoms with van der Waals surface area (Å²) < 4.78 is 10.4. The van der Waals surface area contributed by atoms with E-state index in [4.69, 9.17) is 26.2 Å². The van der Waals surface area contributed by atoms with E-state index in [1.165, 1.54) is 32.0 Å². The number of benzene rings is 3. The van der Waals surface area contributed by atoms with Gasteiger partial charge in [0.15, 0.2) is 0 Å². The summed E-state index contributed by atoms with van der Waals surface area (Å²) in [5.41, 5.74) is -0.0657. The molecule has 0 aromatic heterocycles. The number of amides is 2. The van der Waals surface area contributed by atoms with E-state index in [2.05, 4.69) is 10.6 Å². The Balaban J connectivity index is 1.62. The molecule has 10 nitrogen and oxygen atoms in total. The van der Waals surface area contributed by atoms with Crippen LogP contribution in [0.1, 0.15) is 31.1 Å². The van der Waals surface area contributed by atoms with Crippen molar-refractivity contribution in [1.29, 1.82) is 0 Å². The number of hydrogen-bond acceptors (Lipinski definition) is 7. The molecule has 3 rings (SSSR count). The maximum Gasteiger partial charge on any atom is 0.336 e. The van der Waals surface area contributed by atoms with E-state index in [1.807, 2.05) is 0 Å². The van der Waals surface area contributed by atoms with Crippen molar-refractivity contribution in [3.8, 4) is 11.5 Å². The minimum absolute atomic E-state index is 0.0798. The van der Waals surface area contributed by atoms with Gasteiger partial charge in [-0.15, -0.1) is 11.8 Å². The Morgan fingerprint density at radius 1 is 0.838 bits per heavy atom. The molecule has 0 spiro atoms. The second-order valence-corrected chi connectivity index (χ2v) is 8.83. The Bertz CT molecular complexity index is 1360. The minimum Gasteiger partial charge on any atom is -0.495 e. The second kappa shape index (κ2) is 12.2. The molecule has 0 aliphatic heterocycles. The summed E-state index contributed by atoms with van der Waals surface area (Å²) >= 11 is 7.38. The van der Waals surface area contributed by atoms with E-state index in [1.54, 1.807) is 30.3 Å². The van der Waals surface area contributed by atoms with Gasteiger partial charge in [-0.25, -0.2) is 9.59 Å². The lowest BCUT2D eigenvalue weighted by Crippen LogP contribution is -2.17. The van der Waals surface area contributed by atoms with Gasteiger partial charge in [0.05, 0.1) is 47.4 Å². The van der Waals surface area contributed by atoms with Gasteiger partial charge in [-0.3, -0.25) is 9.59 Å². The monoisotopic (exact) mass is 544 g/mol. The topological polar surface area (TPSA) is 151 Å². The van der Waals surface area contributed by atoms with Crippen LogP contribution < -0.4 is 20.1 Å². The standard InChI is InChI=1S/C25H21ClN2O8S/c1-35-20-11-21(36-2)19(10-18(20)26)28-22(29)12-37-15-6-4-14(5-7-15)27-23(30)16-8-3-13(24(31)32)9-17(16)25(33)34/h3-11H,12H2,1-2H3,(H,27,30)(H,28,29)(H,31,32)(H,33,34). The molecule has 0 atom stereocenters. The Labute approximate surface area is 220 Å². The highest BCUT2D eigenvalue weighted by molar-refractivity contribution is 8.00. The fourth-order valence-electron chi connectivity index (χ4n) is 3.18. The highest BCUT2D eigenvalue weighted by atomic mass is 35.5. The molecule has 0 aliphatic carbocycles. The first-order chi connectivity index (χ1) is 17.6. The zero-order valence-corrected chi connectivity index (χ0v) is 21.1. The van der Waals surface area contributed by atoms with E-state index >= 15 is 0 Å². The Morgan fingerprint density at radius 2 is 1.51 bits per heavy atom. The maximum atomic E-state index is 12.6. The number of anilines is 2. The van der Waals surface area contributed by atoms with Crippen LogP contribution in [0.2, 0.25) is 5.02 Å². The molecule has 0 saturated carbocycles. The highest BCUT2D eigenvalue weighted by Crippen LogP contribution is 2.36. The predicted molar refractivity (Wildman–Crippen MR) is 139 cm³/mol. The van der Waals surface area contributed by atoms with Crippen LogP contribution in [0.4, 0.5) is 11.4 Å². The van der Waals surface area contributed by atoms with Crippen LogP contribution in [-0.4, -0.2) is 53.9 Å². The lowest BCUT2D eigenvalue weighted by Gasteiger charge is -2.13. The van der Waals surface area contributed by atoms with E-state index in [0.717, 1.165) is 23.1 Å². The van der Waals surface area contributed by atoms with Crippen LogP contribution in [0, 0.1) is 0 Å². The molecule has 0 aliphatic rings. The summed E-state index contributed by atoms with van der Waals surface area (Å²) in [5, 5.41) is 24.0. The summed E-state index contributed by atoms with van der Waals surface area (Å²) in [6, 6.07) is 12.9. The van der Waals surface area contributed by atoms with E-state index in [9.17, 15) is 24.3 Å².